The van der Waals surface area contributed by atoms with Crippen LogP contribution in [-0.4, -0.2) is 5.71 Å². The summed E-state index contributed by atoms with van der Waals surface area (Å²) in [4.78, 5) is 4.62. The minimum absolute atomic E-state index is 0.112. The zero-order valence-electron chi connectivity index (χ0n) is 8.98. The van der Waals surface area contributed by atoms with Crippen molar-refractivity contribution in [3.8, 4) is 0 Å². The molecule has 0 amide bonds. The molecule has 0 spiro atoms. The van der Waals surface area contributed by atoms with Crippen LogP contribution < -0.4 is 0 Å². The van der Waals surface area contributed by atoms with Crippen LogP contribution in [0.2, 0.25) is 0 Å². The van der Waals surface area contributed by atoms with E-state index in [-0.39, 0.29) is 5.41 Å². The van der Waals surface area contributed by atoms with E-state index in [2.05, 4.69) is 67.4 Å². The van der Waals surface area contributed by atoms with Gasteiger partial charge in [-0.25, -0.2) is 0 Å². The van der Waals surface area contributed by atoms with Crippen molar-refractivity contribution in [1.82, 2.24) is 0 Å². The van der Waals surface area contributed by atoms with Crippen LogP contribution in [-0.2, 0) is 5.41 Å². The van der Waals surface area contributed by atoms with Crippen molar-refractivity contribution >= 4 is 34.0 Å². The first-order valence-electron chi connectivity index (χ1n) is 4.80. The summed E-state index contributed by atoms with van der Waals surface area (Å²) in [5.41, 5.74) is 5.28. The SMILES string of the molecule is CC1=Nc2ccc(I)c(C)c2C1(C)C. The molecule has 1 aliphatic heterocycles. The van der Waals surface area contributed by atoms with Gasteiger partial charge in [-0.3, -0.25) is 4.99 Å². The lowest BCUT2D eigenvalue weighted by atomic mass is 9.80. The molecule has 0 atom stereocenters. The number of fused-ring (bicyclic) bond motifs is 1. The first-order valence-corrected chi connectivity index (χ1v) is 5.88. The number of rotatable bonds is 0. The zero-order valence-corrected chi connectivity index (χ0v) is 11.1. The van der Waals surface area contributed by atoms with Crippen LogP contribution in [0.3, 0.4) is 0 Å². The van der Waals surface area contributed by atoms with Crippen LogP contribution in [0.5, 0.6) is 0 Å². The van der Waals surface area contributed by atoms with Gasteiger partial charge in [0.2, 0.25) is 0 Å². The smallest absolute Gasteiger partial charge is 0.0673 e. The molecule has 1 aromatic rings. The summed E-state index contributed by atoms with van der Waals surface area (Å²) in [5.74, 6) is 0. The highest BCUT2D eigenvalue weighted by Gasteiger charge is 2.33. The van der Waals surface area contributed by atoms with Gasteiger partial charge in [-0.15, -0.1) is 0 Å². The van der Waals surface area contributed by atoms with Crippen LogP contribution in [0.15, 0.2) is 17.1 Å². The average Bonchev–Trinajstić information content (AvgIpc) is 2.32. The predicted molar refractivity (Wildman–Crippen MR) is 69.7 cm³/mol. The maximum absolute atomic E-state index is 4.62. The van der Waals surface area contributed by atoms with Gasteiger partial charge in [-0.05, 0) is 59.7 Å². The third-order valence-electron chi connectivity index (χ3n) is 3.19. The van der Waals surface area contributed by atoms with Crippen molar-refractivity contribution < 1.29 is 0 Å². The van der Waals surface area contributed by atoms with Gasteiger partial charge in [0.25, 0.3) is 0 Å². The molecule has 1 nitrogen and oxygen atoms in total. The Kier molecular flexibility index (Phi) is 2.21. The van der Waals surface area contributed by atoms with Gasteiger partial charge in [-0.1, -0.05) is 13.8 Å². The molecule has 0 unspecified atom stereocenters. The lowest BCUT2D eigenvalue weighted by molar-refractivity contribution is 0.726. The Morgan fingerprint density at radius 2 is 1.86 bits per heavy atom. The zero-order chi connectivity index (χ0) is 10.5. The molecular formula is C12H14IN. The maximum atomic E-state index is 4.62. The lowest BCUT2D eigenvalue weighted by Gasteiger charge is -2.22. The molecule has 0 aliphatic carbocycles. The Morgan fingerprint density at radius 3 is 2.50 bits per heavy atom. The molecule has 14 heavy (non-hydrogen) atoms. The van der Waals surface area contributed by atoms with Gasteiger partial charge >= 0.3 is 0 Å². The fraction of sp³-hybridized carbons (Fsp3) is 0.417. The minimum atomic E-state index is 0.112. The molecule has 2 rings (SSSR count). The normalized spacial score (nSPS) is 17.9. The molecule has 0 aromatic heterocycles. The Labute approximate surface area is 98.8 Å². The predicted octanol–water partition coefficient (Wildman–Crippen LogP) is 3.98. The second kappa shape index (κ2) is 3.05. The van der Waals surface area contributed by atoms with E-state index in [1.807, 2.05) is 0 Å². The average molecular weight is 299 g/mol. The van der Waals surface area contributed by atoms with E-state index in [1.165, 1.54) is 20.4 Å². The monoisotopic (exact) mass is 299 g/mol. The van der Waals surface area contributed by atoms with Gasteiger partial charge in [0.15, 0.2) is 0 Å². The van der Waals surface area contributed by atoms with Gasteiger partial charge in [-0.2, -0.15) is 0 Å². The quantitative estimate of drug-likeness (QED) is 0.642. The summed E-state index contributed by atoms with van der Waals surface area (Å²) in [6.07, 6.45) is 0. The second-order valence-electron chi connectivity index (χ2n) is 4.39. The molecular weight excluding hydrogens is 285 g/mol. The highest BCUT2D eigenvalue weighted by Crippen LogP contribution is 2.42. The van der Waals surface area contributed by atoms with Crippen LogP contribution in [0.1, 0.15) is 31.9 Å². The van der Waals surface area contributed by atoms with E-state index >= 15 is 0 Å². The molecule has 0 radical (unpaired) electrons. The molecule has 0 bridgehead atoms. The summed E-state index contributed by atoms with van der Waals surface area (Å²) in [6.45, 7) is 8.81. The van der Waals surface area contributed by atoms with Crippen molar-refractivity contribution in [3.63, 3.8) is 0 Å². The minimum Gasteiger partial charge on any atom is -0.257 e. The number of hydrogen-bond donors (Lipinski definition) is 0. The van der Waals surface area contributed by atoms with Gasteiger partial charge in [0.05, 0.1) is 5.69 Å². The Hall–Kier alpha value is -0.380. The summed E-state index contributed by atoms with van der Waals surface area (Å²) >= 11 is 2.39. The summed E-state index contributed by atoms with van der Waals surface area (Å²) in [6, 6.07) is 4.27. The van der Waals surface area contributed by atoms with Crippen molar-refractivity contribution in [1.29, 1.82) is 0 Å². The maximum Gasteiger partial charge on any atom is 0.0673 e. The van der Waals surface area contributed by atoms with Crippen molar-refractivity contribution in [3.05, 3.63) is 26.8 Å². The van der Waals surface area contributed by atoms with Gasteiger partial charge in [0.1, 0.15) is 0 Å². The van der Waals surface area contributed by atoms with Crippen molar-refractivity contribution in [2.75, 3.05) is 0 Å². The highest BCUT2D eigenvalue weighted by molar-refractivity contribution is 14.1. The molecule has 0 saturated carbocycles. The lowest BCUT2D eigenvalue weighted by Crippen LogP contribution is -2.23. The Morgan fingerprint density at radius 1 is 1.21 bits per heavy atom. The number of benzene rings is 1. The third kappa shape index (κ3) is 1.23. The molecule has 2 heteroatoms. The van der Waals surface area contributed by atoms with E-state index in [0.717, 1.165) is 5.69 Å². The molecule has 0 fully saturated rings. The number of aliphatic imine (C=N–C) groups is 1. The first-order chi connectivity index (χ1) is 6.44. The van der Waals surface area contributed by atoms with Gasteiger partial charge < -0.3 is 0 Å². The van der Waals surface area contributed by atoms with Crippen LogP contribution in [0.25, 0.3) is 0 Å². The van der Waals surface area contributed by atoms with Gasteiger partial charge in [0, 0.05) is 14.7 Å². The van der Waals surface area contributed by atoms with Crippen LogP contribution in [0.4, 0.5) is 5.69 Å². The molecule has 1 aliphatic rings. The molecule has 1 heterocycles. The fourth-order valence-electron chi connectivity index (χ4n) is 2.06. The molecule has 74 valence electrons. The highest BCUT2D eigenvalue weighted by atomic mass is 127. The Balaban J connectivity index is 2.75. The molecule has 1 aromatic carbocycles. The summed E-state index contributed by atoms with van der Waals surface area (Å²) < 4.78 is 1.33. The number of hydrogen-bond acceptors (Lipinski definition) is 1. The third-order valence-corrected chi connectivity index (χ3v) is 4.36. The Bertz CT molecular complexity index is 430. The van der Waals surface area contributed by atoms with E-state index in [0.29, 0.717) is 0 Å². The van der Waals surface area contributed by atoms with Crippen LogP contribution >= 0.6 is 22.6 Å². The number of halogens is 1. The van der Waals surface area contributed by atoms with E-state index in [9.17, 15) is 0 Å². The molecule has 0 saturated heterocycles. The molecule has 0 N–H and O–H groups in total. The van der Waals surface area contributed by atoms with E-state index in [1.54, 1.807) is 0 Å². The van der Waals surface area contributed by atoms with E-state index in [4.69, 9.17) is 0 Å². The number of nitrogens with zero attached hydrogens (tertiary/aromatic N) is 1. The standard InChI is InChI=1S/C12H14IN/c1-7-9(13)5-6-10-11(7)12(3,4)8(2)14-10/h5-6H,1-4H3. The summed E-state index contributed by atoms with van der Waals surface area (Å²) in [5, 5.41) is 0. The van der Waals surface area contributed by atoms with E-state index < -0.39 is 0 Å². The second-order valence-corrected chi connectivity index (χ2v) is 5.55. The van der Waals surface area contributed by atoms with Crippen molar-refractivity contribution in [2.24, 2.45) is 4.99 Å². The van der Waals surface area contributed by atoms with Crippen molar-refractivity contribution in [2.45, 2.75) is 33.1 Å². The topological polar surface area (TPSA) is 12.4 Å². The van der Waals surface area contributed by atoms with Crippen LogP contribution in [0, 0.1) is 10.5 Å². The first kappa shape index (κ1) is 10.1. The fourth-order valence-corrected chi connectivity index (χ4v) is 2.50. The largest absolute Gasteiger partial charge is 0.257 e. The summed E-state index contributed by atoms with van der Waals surface area (Å²) in [7, 11) is 0.